The second-order valence-electron chi connectivity index (χ2n) is 15.2. The second kappa shape index (κ2) is 16.1. The zero-order chi connectivity index (χ0) is 35.3. The quantitative estimate of drug-likeness (QED) is 0.198. The summed E-state index contributed by atoms with van der Waals surface area (Å²) >= 11 is 0. The van der Waals surface area contributed by atoms with E-state index in [0.717, 1.165) is 92.3 Å². The van der Waals surface area contributed by atoms with E-state index >= 15 is 0 Å². The van der Waals surface area contributed by atoms with Gasteiger partial charge in [-0.05, 0) is 120 Å². The van der Waals surface area contributed by atoms with Crippen molar-refractivity contribution in [3.05, 3.63) is 54.0 Å². The minimum Gasteiger partial charge on any atom is -0.495 e. The van der Waals surface area contributed by atoms with Crippen LogP contribution in [0.15, 0.2) is 41.1 Å². The molecule has 4 aliphatic rings. The summed E-state index contributed by atoms with van der Waals surface area (Å²) in [6, 6.07) is 8.05. The molecule has 2 amide bonds. The predicted molar refractivity (Wildman–Crippen MR) is 193 cm³/mol. The third-order valence-corrected chi connectivity index (χ3v) is 11.6. The first kappa shape index (κ1) is 35.4. The van der Waals surface area contributed by atoms with Gasteiger partial charge in [-0.2, -0.15) is 0 Å². The van der Waals surface area contributed by atoms with Crippen molar-refractivity contribution in [3.8, 4) is 17.0 Å². The van der Waals surface area contributed by atoms with Gasteiger partial charge >= 0.3 is 6.09 Å². The Labute approximate surface area is 301 Å². The molecule has 0 bridgehead atoms. The average Bonchev–Trinajstić information content (AvgIpc) is 3.90. The number of hydrogen-bond acceptors (Lipinski definition) is 9. The zero-order valence-corrected chi connectivity index (χ0v) is 30.4. The van der Waals surface area contributed by atoms with Crippen molar-refractivity contribution in [1.82, 2.24) is 19.9 Å². The molecule has 0 radical (unpaired) electrons. The van der Waals surface area contributed by atoms with Crippen molar-refractivity contribution >= 4 is 17.8 Å². The number of oxazole rings is 1. The number of methoxy groups -OCH3 is 2. The molecule has 3 saturated carbocycles. The maximum atomic E-state index is 14.5. The van der Waals surface area contributed by atoms with Crippen LogP contribution in [0.1, 0.15) is 106 Å². The summed E-state index contributed by atoms with van der Waals surface area (Å²) in [5, 5.41) is 0. The summed E-state index contributed by atoms with van der Waals surface area (Å²) in [6.45, 7) is 4.76. The van der Waals surface area contributed by atoms with Crippen LogP contribution in [0.2, 0.25) is 0 Å². The Bertz CT molecular complexity index is 1630. The molecular formula is C40H53N5O6. The minimum absolute atomic E-state index is 0.109. The molecule has 3 aromatic rings. The van der Waals surface area contributed by atoms with Crippen LogP contribution in [0.4, 0.5) is 10.6 Å². The van der Waals surface area contributed by atoms with E-state index in [9.17, 15) is 9.59 Å². The number of rotatable bonds is 11. The summed E-state index contributed by atoms with van der Waals surface area (Å²) < 4.78 is 22.5. The number of likely N-dealkylation sites (tertiary alicyclic amines) is 1. The maximum Gasteiger partial charge on any atom is 0.410 e. The Morgan fingerprint density at radius 3 is 2.31 bits per heavy atom. The number of aromatic nitrogens is 3. The molecule has 11 nitrogen and oxygen atoms in total. The number of hydrogen-bond donors (Lipinski definition) is 0. The van der Waals surface area contributed by atoms with Crippen molar-refractivity contribution in [1.29, 1.82) is 0 Å². The first-order valence-electron chi connectivity index (χ1n) is 19.1. The zero-order valence-electron chi connectivity index (χ0n) is 30.4. The lowest BCUT2D eigenvalue weighted by Crippen LogP contribution is -2.44. The van der Waals surface area contributed by atoms with Crippen LogP contribution in [0, 0.1) is 24.7 Å². The molecule has 0 atom stereocenters. The molecule has 0 spiro atoms. The number of ether oxygens (including phenoxy) is 3. The van der Waals surface area contributed by atoms with Gasteiger partial charge in [0, 0.05) is 68.6 Å². The van der Waals surface area contributed by atoms with Crippen molar-refractivity contribution in [2.45, 2.75) is 102 Å². The first-order chi connectivity index (χ1) is 24.9. The van der Waals surface area contributed by atoms with E-state index in [0.29, 0.717) is 74.8 Å². The highest BCUT2D eigenvalue weighted by Crippen LogP contribution is 2.41. The van der Waals surface area contributed by atoms with Gasteiger partial charge in [0.25, 0.3) is 0 Å². The van der Waals surface area contributed by atoms with Gasteiger partial charge in [0.2, 0.25) is 5.91 Å². The molecule has 3 aliphatic carbocycles. The summed E-state index contributed by atoms with van der Waals surface area (Å²) in [5.74, 6) is 3.91. The molecular weight excluding hydrogens is 646 g/mol. The lowest BCUT2D eigenvalue weighted by molar-refractivity contribution is -0.124. The number of amides is 2. The van der Waals surface area contributed by atoms with Crippen LogP contribution in [0.3, 0.4) is 0 Å². The van der Waals surface area contributed by atoms with Crippen molar-refractivity contribution in [2.75, 3.05) is 45.4 Å². The molecule has 0 unspecified atom stereocenters. The monoisotopic (exact) mass is 699 g/mol. The van der Waals surface area contributed by atoms with Gasteiger partial charge < -0.3 is 23.5 Å². The van der Waals surface area contributed by atoms with Gasteiger partial charge in [-0.25, -0.2) is 14.8 Å². The fraction of sp³-hybridized carbons (Fsp3) is 0.625. The number of carbonyl (C=O) groups excluding carboxylic acids is 2. The molecule has 1 saturated heterocycles. The van der Waals surface area contributed by atoms with Crippen molar-refractivity contribution in [2.24, 2.45) is 17.8 Å². The maximum absolute atomic E-state index is 14.5. The first-order valence-corrected chi connectivity index (χ1v) is 19.1. The third-order valence-electron chi connectivity index (χ3n) is 11.6. The van der Waals surface area contributed by atoms with Crippen molar-refractivity contribution < 1.29 is 28.2 Å². The van der Waals surface area contributed by atoms with E-state index in [1.807, 2.05) is 34.9 Å². The summed E-state index contributed by atoms with van der Waals surface area (Å²) in [4.78, 5) is 45.6. The molecule has 274 valence electrons. The summed E-state index contributed by atoms with van der Waals surface area (Å²) in [7, 11) is 3.41. The number of pyridine rings is 2. The fourth-order valence-electron chi connectivity index (χ4n) is 8.25. The molecule has 7 rings (SSSR count). The van der Waals surface area contributed by atoms with Gasteiger partial charge in [-0.1, -0.05) is 0 Å². The van der Waals surface area contributed by atoms with E-state index in [1.54, 1.807) is 26.7 Å². The molecule has 3 aromatic heterocycles. The summed E-state index contributed by atoms with van der Waals surface area (Å²) in [5.41, 5.74) is 3.73. The van der Waals surface area contributed by atoms with Crippen LogP contribution >= 0.6 is 0 Å². The van der Waals surface area contributed by atoms with Crippen LogP contribution in [0.5, 0.6) is 5.75 Å². The molecule has 0 aromatic carbocycles. The molecule has 11 heteroatoms. The number of aryl methyl sites for hydroxylation is 1. The number of anilines is 1. The Morgan fingerprint density at radius 1 is 0.882 bits per heavy atom. The summed E-state index contributed by atoms with van der Waals surface area (Å²) in [6.07, 6.45) is 14.1. The largest absolute Gasteiger partial charge is 0.495 e. The van der Waals surface area contributed by atoms with Gasteiger partial charge in [-0.15, -0.1) is 0 Å². The number of piperidine rings is 1. The SMILES string of the molecule is COCC1CCN(C(=O)OC2CCC(C(=O)N(CC3CCC(c4ccc(OC)c(C)n4)CC3)c3cc(-c4coc(C5CC5)n4)ccn3)CC2)CC1. The van der Waals surface area contributed by atoms with Crippen LogP contribution in [-0.4, -0.2) is 78.4 Å². The third kappa shape index (κ3) is 8.56. The Balaban J connectivity index is 1.01. The highest BCUT2D eigenvalue weighted by molar-refractivity contribution is 5.94. The van der Waals surface area contributed by atoms with Gasteiger partial charge in [-0.3, -0.25) is 14.7 Å². The van der Waals surface area contributed by atoms with Crippen LogP contribution in [0.25, 0.3) is 11.3 Å². The average molecular weight is 700 g/mol. The van der Waals surface area contributed by atoms with E-state index in [4.69, 9.17) is 33.6 Å². The second-order valence-corrected chi connectivity index (χ2v) is 15.2. The Hall–Kier alpha value is -3.99. The predicted octanol–water partition coefficient (Wildman–Crippen LogP) is 7.69. The normalized spacial score (nSPS) is 24.3. The number of nitrogens with zero attached hydrogens (tertiary/aromatic N) is 5. The fourth-order valence-corrected chi connectivity index (χ4v) is 8.25. The minimum atomic E-state index is -0.225. The lowest BCUT2D eigenvalue weighted by atomic mass is 9.79. The highest BCUT2D eigenvalue weighted by Gasteiger charge is 2.36. The highest BCUT2D eigenvalue weighted by atomic mass is 16.6. The van der Waals surface area contributed by atoms with E-state index in [1.165, 1.54) is 0 Å². The van der Waals surface area contributed by atoms with Gasteiger partial charge in [0.05, 0.1) is 12.8 Å². The van der Waals surface area contributed by atoms with E-state index in [-0.39, 0.29) is 24.0 Å². The van der Waals surface area contributed by atoms with E-state index in [2.05, 4.69) is 6.07 Å². The van der Waals surface area contributed by atoms with Crippen molar-refractivity contribution in [3.63, 3.8) is 0 Å². The molecule has 1 aliphatic heterocycles. The lowest BCUT2D eigenvalue weighted by Gasteiger charge is -2.36. The Kier molecular flexibility index (Phi) is 11.2. The Morgan fingerprint density at radius 2 is 1.63 bits per heavy atom. The molecule has 51 heavy (non-hydrogen) atoms. The molecule has 0 N–H and O–H groups in total. The molecule has 4 fully saturated rings. The van der Waals surface area contributed by atoms with Crippen LogP contribution < -0.4 is 9.64 Å². The smallest absolute Gasteiger partial charge is 0.410 e. The van der Waals surface area contributed by atoms with Crippen LogP contribution in [-0.2, 0) is 14.3 Å². The molecule has 4 heterocycles. The van der Waals surface area contributed by atoms with Gasteiger partial charge in [0.1, 0.15) is 29.6 Å². The topological polar surface area (TPSA) is 120 Å². The van der Waals surface area contributed by atoms with Gasteiger partial charge in [0.15, 0.2) is 5.89 Å². The standard InChI is InChI=1S/C40H53N5O6/c1-26-36(49-3)15-14-34(42-26)29-6-4-27(5-7-29)23-45(37-22-32(16-19-41-37)35-25-50-38(43-35)30-8-9-30)39(46)31-10-12-33(13-11-31)51-40(47)44-20-17-28(18-21-44)24-48-2/h14-16,19,22,25,27-31,33H,4-13,17-18,20-21,23-24H2,1-3H3. The van der Waals surface area contributed by atoms with E-state index < -0.39 is 0 Å². The number of carbonyl (C=O) groups is 2.